The van der Waals surface area contributed by atoms with Crippen LogP contribution in [0.25, 0.3) is 0 Å². The van der Waals surface area contributed by atoms with E-state index in [0.29, 0.717) is 12.0 Å². The first-order valence-corrected chi connectivity index (χ1v) is 7.88. The second-order valence-electron chi connectivity index (χ2n) is 7.31. The fourth-order valence-electron chi connectivity index (χ4n) is 5.37. The number of rotatable bonds is 4. The Morgan fingerprint density at radius 2 is 1.85 bits per heavy atom. The van der Waals surface area contributed by atoms with E-state index in [4.69, 9.17) is 5.11 Å². The second-order valence-corrected chi connectivity index (χ2v) is 7.31. The van der Waals surface area contributed by atoms with Crippen LogP contribution in [-0.2, 0) is 16.8 Å². The number of aromatic nitrogens is 2. The zero-order valence-corrected chi connectivity index (χ0v) is 11.8. The van der Waals surface area contributed by atoms with Crippen molar-refractivity contribution in [3.05, 3.63) is 18.2 Å². The molecule has 1 N–H and O–H groups in total. The summed E-state index contributed by atoms with van der Waals surface area (Å²) in [6, 6.07) is 0. The first-order chi connectivity index (χ1) is 9.63. The van der Waals surface area contributed by atoms with Gasteiger partial charge in [0.25, 0.3) is 0 Å². The number of nitrogens with zero attached hydrogens (tertiary/aromatic N) is 2. The zero-order valence-electron chi connectivity index (χ0n) is 11.8. The Hall–Kier alpha value is -1.32. The highest BCUT2D eigenvalue weighted by Crippen LogP contribution is 2.58. The Morgan fingerprint density at radius 3 is 2.40 bits per heavy atom. The monoisotopic (exact) mass is 274 g/mol. The molecule has 1 aromatic heterocycles. The van der Waals surface area contributed by atoms with Crippen LogP contribution in [0.15, 0.2) is 12.5 Å². The van der Waals surface area contributed by atoms with E-state index in [9.17, 15) is 4.79 Å². The first kappa shape index (κ1) is 12.4. The molecule has 4 aliphatic carbocycles. The number of aliphatic carboxylic acids is 1. The normalized spacial score (nSPS) is 38.3. The van der Waals surface area contributed by atoms with Gasteiger partial charge in [-0.2, -0.15) is 0 Å². The highest BCUT2D eigenvalue weighted by atomic mass is 16.4. The van der Waals surface area contributed by atoms with E-state index in [1.807, 2.05) is 6.33 Å². The summed E-state index contributed by atoms with van der Waals surface area (Å²) < 4.78 is 2.34. The van der Waals surface area contributed by atoms with E-state index in [0.717, 1.165) is 23.4 Å². The van der Waals surface area contributed by atoms with Gasteiger partial charge in [0.2, 0.25) is 0 Å². The molecule has 4 bridgehead atoms. The Kier molecular flexibility index (Phi) is 2.69. The number of imidazole rings is 1. The Balaban J connectivity index is 1.56. The fraction of sp³-hybridized carbons (Fsp3) is 0.750. The maximum Gasteiger partial charge on any atom is 0.303 e. The third-order valence-electron chi connectivity index (χ3n) is 5.78. The van der Waals surface area contributed by atoms with Gasteiger partial charge in [0.15, 0.2) is 0 Å². The lowest BCUT2D eigenvalue weighted by Gasteiger charge is -2.57. The van der Waals surface area contributed by atoms with Gasteiger partial charge in [-0.25, -0.2) is 4.98 Å². The van der Waals surface area contributed by atoms with Crippen LogP contribution in [0, 0.1) is 17.8 Å². The van der Waals surface area contributed by atoms with Crippen LogP contribution in [-0.4, -0.2) is 20.6 Å². The molecule has 4 fully saturated rings. The molecule has 20 heavy (non-hydrogen) atoms. The minimum absolute atomic E-state index is 0.178. The SMILES string of the molecule is O=C(O)CCc1cn(C23CC4CC(CC(C4)C2)C3)cn1. The zero-order chi connectivity index (χ0) is 13.7. The van der Waals surface area contributed by atoms with Gasteiger partial charge in [0, 0.05) is 18.2 Å². The average Bonchev–Trinajstić information content (AvgIpc) is 2.84. The molecule has 0 radical (unpaired) electrons. The molecular formula is C16H22N2O2. The van der Waals surface area contributed by atoms with E-state index in [1.54, 1.807) is 0 Å². The van der Waals surface area contributed by atoms with Crippen LogP contribution in [0.2, 0.25) is 0 Å². The van der Waals surface area contributed by atoms with Crippen molar-refractivity contribution in [1.29, 1.82) is 0 Å². The second kappa shape index (κ2) is 4.34. The van der Waals surface area contributed by atoms with Crippen molar-refractivity contribution in [3.63, 3.8) is 0 Å². The molecule has 0 aliphatic heterocycles. The third kappa shape index (κ3) is 1.97. The summed E-state index contributed by atoms with van der Waals surface area (Å²) in [5.74, 6) is 2.03. The summed E-state index contributed by atoms with van der Waals surface area (Å²) in [6.45, 7) is 0. The minimum Gasteiger partial charge on any atom is -0.481 e. The molecule has 0 unspecified atom stereocenters. The summed E-state index contributed by atoms with van der Waals surface area (Å²) >= 11 is 0. The Labute approximate surface area is 119 Å². The number of carboxylic acid groups (broad SMARTS) is 1. The summed E-state index contributed by atoms with van der Waals surface area (Å²) in [7, 11) is 0. The summed E-state index contributed by atoms with van der Waals surface area (Å²) in [5, 5.41) is 8.78. The highest BCUT2D eigenvalue weighted by Gasteiger charge is 2.51. The van der Waals surface area contributed by atoms with Crippen molar-refractivity contribution >= 4 is 5.97 Å². The van der Waals surface area contributed by atoms with E-state index >= 15 is 0 Å². The van der Waals surface area contributed by atoms with Crippen molar-refractivity contribution in [2.24, 2.45) is 17.8 Å². The number of carbonyl (C=O) groups is 1. The maximum absolute atomic E-state index is 10.7. The predicted molar refractivity (Wildman–Crippen MR) is 74.3 cm³/mol. The Bertz CT molecular complexity index is 499. The van der Waals surface area contributed by atoms with Gasteiger partial charge in [0.1, 0.15) is 0 Å². The highest BCUT2D eigenvalue weighted by molar-refractivity contribution is 5.66. The molecule has 0 saturated heterocycles. The smallest absolute Gasteiger partial charge is 0.303 e. The summed E-state index contributed by atoms with van der Waals surface area (Å²) in [6.07, 6.45) is 13.1. The van der Waals surface area contributed by atoms with Crippen molar-refractivity contribution < 1.29 is 9.90 Å². The molecule has 0 spiro atoms. The Morgan fingerprint density at radius 1 is 1.25 bits per heavy atom. The lowest BCUT2D eigenvalue weighted by Crippen LogP contribution is -2.51. The van der Waals surface area contributed by atoms with Crippen LogP contribution < -0.4 is 0 Å². The molecule has 0 atom stereocenters. The van der Waals surface area contributed by atoms with Gasteiger partial charge in [0.05, 0.1) is 18.4 Å². The lowest BCUT2D eigenvalue weighted by molar-refractivity contribution is -0.136. The van der Waals surface area contributed by atoms with Gasteiger partial charge in [-0.3, -0.25) is 4.79 Å². The molecule has 4 aliphatic rings. The molecule has 0 aromatic carbocycles. The quantitative estimate of drug-likeness (QED) is 0.918. The third-order valence-corrected chi connectivity index (χ3v) is 5.78. The van der Waals surface area contributed by atoms with Crippen LogP contribution in [0.5, 0.6) is 0 Å². The molecule has 1 aromatic rings. The molecule has 5 rings (SSSR count). The average molecular weight is 274 g/mol. The molecule has 0 amide bonds. The van der Waals surface area contributed by atoms with Gasteiger partial charge < -0.3 is 9.67 Å². The molecule has 108 valence electrons. The minimum atomic E-state index is -0.741. The van der Waals surface area contributed by atoms with Crippen molar-refractivity contribution in [1.82, 2.24) is 9.55 Å². The van der Waals surface area contributed by atoms with Crippen molar-refractivity contribution in [2.75, 3.05) is 0 Å². The fourth-order valence-corrected chi connectivity index (χ4v) is 5.37. The van der Waals surface area contributed by atoms with Crippen LogP contribution >= 0.6 is 0 Å². The molecule has 4 saturated carbocycles. The van der Waals surface area contributed by atoms with Gasteiger partial charge in [-0.15, -0.1) is 0 Å². The standard InChI is InChI=1S/C16H22N2O2/c19-15(20)2-1-14-9-18(10-17-14)16-6-11-3-12(7-16)5-13(4-11)8-16/h9-13H,1-8H2,(H,19,20). The van der Waals surface area contributed by atoms with Gasteiger partial charge in [-0.1, -0.05) is 0 Å². The van der Waals surface area contributed by atoms with Crippen LogP contribution in [0.1, 0.15) is 50.6 Å². The topological polar surface area (TPSA) is 55.1 Å². The number of aryl methyl sites for hydroxylation is 1. The molecule has 4 nitrogen and oxygen atoms in total. The summed E-state index contributed by atoms with van der Waals surface area (Å²) in [5.41, 5.74) is 1.24. The molecular weight excluding hydrogens is 252 g/mol. The largest absolute Gasteiger partial charge is 0.481 e. The predicted octanol–water partition coefficient (Wildman–Crippen LogP) is 2.83. The molecule has 4 heteroatoms. The number of carboxylic acids is 1. The van der Waals surface area contributed by atoms with Crippen molar-refractivity contribution in [2.45, 2.75) is 56.9 Å². The molecule has 1 heterocycles. The van der Waals surface area contributed by atoms with Gasteiger partial charge in [-0.05, 0) is 56.3 Å². The summed E-state index contributed by atoms with van der Waals surface area (Å²) in [4.78, 5) is 15.1. The lowest BCUT2D eigenvalue weighted by atomic mass is 9.53. The van der Waals surface area contributed by atoms with Crippen LogP contribution in [0.4, 0.5) is 0 Å². The van der Waals surface area contributed by atoms with Crippen molar-refractivity contribution in [3.8, 4) is 0 Å². The van der Waals surface area contributed by atoms with E-state index in [2.05, 4.69) is 15.7 Å². The number of hydrogen-bond donors (Lipinski definition) is 1. The van der Waals surface area contributed by atoms with Crippen LogP contribution in [0.3, 0.4) is 0 Å². The number of hydrogen-bond acceptors (Lipinski definition) is 2. The maximum atomic E-state index is 10.7. The van der Waals surface area contributed by atoms with E-state index < -0.39 is 5.97 Å². The van der Waals surface area contributed by atoms with E-state index in [-0.39, 0.29) is 6.42 Å². The van der Waals surface area contributed by atoms with E-state index in [1.165, 1.54) is 38.5 Å². The first-order valence-electron chi connectivity index (χ1n) is 7.88. The van der Waals surface area contributed by atoms with Gasteiger partial charge >= 0.3 is 5.97 Å².